The number of aliphatic hydroxyl groups is 4. The molecule has 0 aromatic heterocycles. The Morgan fingerprint density at radius 3 is 2.09 bits per heavy atom. The minimum atomic E-state index is -1.68. The molecule has 15 nitrogen and oxygen atoms in total. The zero-order valence-electron chi connectivity index (χ0n) is 39.2. The molecule has 1 aromatic carbocycles. The van der Waals surface area contributed by atoms with Crippen LogP contribution in [0.2, 0.25) is 0 Å². The third-order valence-electron chi connectivity index (χ3n) is 16.9. The number of benzene rings is 1. The number of ether oxygens (including phenoxy) is 9. The summed E-state index contributed by atoms with van der Waals surface area (Å²) in [6, 6.07) is 9.45. The largest absolute Gasteiger partial charge is 0.458 e. The molecule has 0 radical (unpaired) electrons. The van der Waals surface area contributed by atoms with Crippen molar-refractivity contribution >= 4 is 17.8 Å². The van der Waals surface area contributed by atoms with Crippen molar-refractivity contribution in [3.63, 3.8) is 0 Å². The average Bonchev–Trinajstić information content (AvgIpc) is 3.57. The van der Waals surface area contributed by atoms with E-state index in [1.54, 1.807) is 20.1 Å². The first-order valence-corrected chi connectivity index (χ1v) is 23.8. The van der Waals surface area contributed by atoms with E-state index in [4.69, 9.17) is 42.6 Å². The van der Waals surface area contributed by atoms with Crippen molar-refractivity contribution in [2.24, 2.45) is 22.7 Å². The van der Waals surface area contributed by atoms with Crippen LogP contribution in [0.15, 0.2) is 48.1 Å². The Bertz CT molecular complexity index is 1900. The van der Waals surface area contributed by atoms with Crippen LogP contribution in [0.4, 0.5) is 0 Å². The first-order valence-electron chi connectivity index (χ1n) is 23.8. The third-order valence-corrected chi connectivity index (χ3v) is 16.9. The Morgan fingerprint density at radius 2 is 1.42 bits per heavy atom. The molecule has 3 aliphatic heterocycles. The van der Waals surface area contributed by atoms with Crippen LogP contribution in [0, 0.1) is 22.7 Å². The summed E-state index contributed by atoms with van der Waals surface area (Å²) in [5, 5.41) is 47.4. The van der Waals surface area contributed by atoms with E-state index >= 15 is 0 Å². The molecule has 1 aromatic rings. The zero-order chi connectivity index (χ0) is 46.6. The summed E-state index contributed by atoms with van der Waals surface area (Å²) in [6.07, 6.45) is 0.833. The lowest BCUT2D eigenvalue weighted by Gasteiger charge is -2.66. The number of fused-ring (bicyclic) bond motifs is 5. The van der Waals surface area contributed by atoms with Gasteiger partial charge in [-0.25, -0.2) is 4.79 Å². The van der Waals surface area contributed by atoms with Crippen molar-refractivity contribution < 1.29 is 72.6 Å². The van der Waals surface area contributed by atoms with Gasteiger partial charge in [0.15, 0.2) is 18.9 Å². The molecule has 0 spiro atoms. The minimum Gasteiger partial charge on any atom is -0.458 e. The van der Waals surface area contributed by atoms with Gasteiger partial charge in [0, 0.05) is 56.8 Å². The maximum absolute atomic E-state index is 13.5. The number of esters is 1. The molecule has 15 heteroatoms. The van der Waals surface area contributed by atoms with Crippen LogP contribution in [-0.4, -0.2) is 144 Å². The molecule has 8 rings (SSSR count). The smallest absolute Gasteiger partial charge is 0.331 e. The second-order valence-corrected chi connectivity index (χ2v) is 20.4. The van der Waals surface area contributed by atoms with E-state index in [-0.39, 0.29) is 31.1 Å². The van der Waals surface area contributed by atoms with Crippen molar-refractivity contribution in [1.29, 1.82) is 0 Å². The fourth-order valence-electron chi connectivity index (χ4n) is 13.2. The molecule has 7 aliphatic rings. The summed E-state index contributed by atoms with van der Waals surface area (Å²) < 4.78 is 55.6. The molecule has 3 heterocycles. The quantitative estimate of drug-likeness (QED) is 0.125. The number of methoxy groups -OCH3 is 2. The zero-order valence-corrected chi connectivity index (χ0v) is 39.2. The molecule has 0 amide bonds. The van der Waals surface area contributed by atoms with Gasteiger partial charge >= 0.3 is 5.97 Å². The number of rotatable bonds is 12. The van der Waals surface area contributed by atoms with Crippen molar-refractivity contribution in [2.45, 2.75) is 203 Å². The molecule has 4 aliphatic carbocycles. The predicted molar refractivity (Wildman–Crippen MR) is 235 cm³/mol. The summed E-state index contributed by atoms with van der Waals surface area (Å²) in [5.74, 6) is -1.68. The fourth-order valence-corrected chi connectivity index (χ4v) is 13.2. The molecule has 0 unspecified atom stereocenters. The molecule has 65 heavy (non-hydrogen) atoms. The molecular formula is C50H72O15. The molecule has 3 saturated carbocycles. The number of hydrogen-bond acceptors (Lipinski definition) is 15. The lowest BCUT2D eigenvalue weighted by atomic mass is 9.43. The van der Waals surface area contributed by atoms with Gasteiger partial charge in [0.1, 0.15) is 41.4 Å². The number of aliphatic hydroxyl groups excluding tert-OH is 2. The number of Topliss-reactive ketones (excluding diaryl/α,β-unsaturated/α-hetero) is 1. The van der Waals surface area contributed by atoms with Crippen molar-refractivity contribution in [3.05, 3.63) is 53.6 Å². The maximum Gasteiger partial charge on any atom is 0.331 e. The number of hydrogen-bond donors (Lipinski definition) is 4. The Labute approximate surface area is 383 Å². The normalized spacial score (nSPS) is 47.6. The maximum atomic E-state index is 13.5. The van der Waals surface area contributed by atoms with Crippen molar-refractivity contribution in [1.82, 2.24) is 0 Å². The average molecular weight is 913 g/mol. The lowest BCUT2D eigenvalue weighted by Crippen LogP contribution is -2.75. The van der Waals surface area contributed by atoms with Gasteiger partial charge in [0.05, 0.1) is 42.7 Å². The molecule has 20 atom stereocenters. The van der Waals surface area contributed by atoms with E-state index in [0.717, 1.165) is 11.1 Å². The van der Waals surface area contributed by atoms with Gasteiger partial charge in [-0.3, -0.25) is 4.79 Å². The van der Waals surface area contributed by atoms with Gasteiger partial charge in [0.2, 0.25) is 0 Å². The van der Waals surface area contributed by atoms with Gasteiger partial charge < -0.3 is 63.1 Å². The van der Waals surface area contributed by atoms with E-state index in [1.165, 1.54) is 20.1 Å². The molecule has 4 N–H and O–H groups in total. The molecule has 0 bridgehead atoms. The van der Waals surface area contributed by atoms with Crippen LogP contribution in [-0.2, 0) is 52.2 Å². The Kier molecular flexibility index (Phi) is 14.3. The van der Waals surface area contributed by atoms with Gasteiger partial charge in [-0.1, -0.05) is 55.8 Å². The highest BCUT2D eigenvalue weighted by atomic mass is 16.7. The lowest BCUT2D eigenvalue weighted by molar-refractivity contribution is -0.337. The van der Waals surface area contributed by atoms with Crippen LogP contribution in [0.1, 0.15) is 111 Å². The Balaban J connectivity index is 0.906. The second kappa shape index (κ2) is 19.0. The van der Waals surface area contributed by atoms with Gasteiger partial charge in [-0.05, 0) is 89.7 Å². The summed E-state index contributed by atoms with van der Waals surface area (Å²) >= 11 is 0. The number of ketones is 1. The van der Waals surface area contributed by atoms with Gasteiger partial charge in [-0.2, -0.15) is 0 Å². The predicted octanol–water partition coefficient (Wildman–Crippen LogP) is 4.93. The van der Waals surface area contributed by atoms with Crippen molar-refractivity contribution in [3.8, 4) is 0 Å². The number of carbonyl (C=O) groups is 2. The molecule has 3 saturated heterocycles. The highest BCUT2D eigenvalue weighted by Gasteiger charge is 2.77. The van der Waals surface area contributed by atoms with Gasteiger partial charge in [-0.15, -0.1) is 0 Å². The molecule has 362 valence electrons. The summed E-state index contributed by atoms with van der Waals surface area (Å²) in [6.45, 7) is 11.0. The van der Waals surface area contributed by atoms with Crippen LogP contribution in [0.3, 0.4) is 0 Å². The highest BCUT2D eigenvalue weighted by molar-refractivity contribution is 5.87. The van der Waals surface area contributed by atoms with Crippen LogP contribution in [0.5, 0.6) is 0 Å². The molecular weight excluding hydrogens is 841 g/mol. The van der Waals surface area contributed by atoms with Crippen molar-refractivity contribution in [2.75, 3.05) is 14.2 Å². The highest BCUT2D eigenvalue weighted by Crippen LogP contribution is 2.70. The van der Waals surface area contributed by atoms with Crippen LogP contribution >= 0.6 is 0 Å². The SMILES string of the molecule is CO[C@H]1C[C@H](O[C@H]2[C@@H](O)C[C@H](O[C@H]3[C@@H](OC)C[C@H](O[C@H]4CC[C@@]5(C)C(=CC[C@]6(O)[C@@H]5C[C@@H](OC(=O)C=Cc5ccccc5)[C@]5(C)[C@H](C(C)=O)CC[C@@]56O)C4)O[C@@H]3C)O[C@@H]2C)O[C@H](C)[C@H]1O. The Morgan fingerprint density at radius 1 is 0.785 bits per heavy atom. The van der Waals surface area contributed by atoms with Crippen LogP contribution in [0.25, 0.3) is 6.08 Å². The minimum absolute atomic E-state index is 0.0882. The summed E-state index contributed by atoms with van der Waals surface area (Å²) in [5.41, 5.74) is -2.99. The summed E-state index contributed by atoms with van der Waals surface area (Å²) in [4.78, 5) is 26.7. The summed E-state index contributed by atoms with van der Waals surface area (Å²) in [7, 11) is 3.17. The topological polar surface area (TPSA) is 198 Å². The van der Waals surface area contributed by atoms with E-state index in [9.17, 15) is 30.0 Å². The fraction of sp³-hybridized carbons (Fsp3) is 0.760. The monoisotopic (exact) mass is 912 g/mol. The molecule has 6 fully saturated rings. The van der Waals surface area contributed by atoms with E-state index in [2.05, 4.69) is 13.0 Å². The van der Waals surface area contributed by atoms with E-state index in [1.807, 2.05) is 51.1 Å². The van der Waals surface area contributed by atoms with Crippen LogP contribution < -0.4 is 0 Å². The first-order chi connectivity index (χ1) is 30.8. The second-order valence-electron chi connectivity index (χ2n) is 20.4. The number of carbonyl (C=O) groups excluding carboxylic acids is 2. The third kappa shape index (κ3) is 8.84. The Hall–Kier alpha value is -2.64. The van der Waals surface area contributed by atoms with Gasteiger partial charge in [0.25, 0.3) is 0 Å². The standard InChI is InChI=1S/C50H72O15/c1-27(51)34-18-21-50(56)48(34,6)39(63-40(53)15-14-31-12-10-9-11-13-31)26-38-47(5)19-17-33(22-32(47)16-20-49(38,50)55)62-42-25-37(58-8)46(30(4)61-42)65-41-23-35(52)45(29(3)60-41)64-43-24-36(57-7)44(54)28(2)59-43/h9-16,28-30,33-39,41-46,52,54-56H,17-26H2,1-8H3/t28-,29-,30-,33+,34+,35+,36+,37+,38-,39-,41+,42+,43+,44-,45-,46-,47+,48+,49+,50-/m1/s1. The van der Waals surface area contributed by atoms with E-state index in [0.29, 0.717) is 44.9 Å². The first kappa shape index (κ1) is 48.8. The van der Waals surface area contributed by atoms with E-state index < -0.39 is 120 Å².